The molecule has 92 valence electrons. The summed E-state index contributed by atoms with van der Waals surface area (Å²) in [5.41, 5.74) is 7.29. The Morgan fingerprint density at radius 2 is 1.83 bits per heavy atom. The number of rotatable bonds is 3. The van der Waals surface area contributed by atoms with Gasteiger partial charge in [0.2, 0.25) is 5.91 Å². The summed E-state index contributed by atoms with van der Waals surface area (Å²) < 4.78 is 0. The van der Waals surface area contributed by atoms with Crippen LogP contribution in [0.1, 0.15) is 11.6 Å². The number of hydrogen-bond donors (Lipinski definition) is 2. The predicted molar refractivity (Wildman–Crippen MR) is 73.5 cm³/mol. The van der Waals surface area contributed by atoms with Crippen LogP contribution < -0.4 is 11.1 Å². The second-order valence-electron chi connectivity index (χ2n) is 3.89. The van der Waals surface area contributed by atoms with Gasteiger partial charge in [0.05, 0.1) is 0 Å². The zero-order chi connectivity index (χ0) is 13.0. The second kappa shape index (κ2) is 5.67. The van der Waals surface area contributed by atoms with Crippen molar-refractivity contribution in [3.05, 3.63) is 65.2 Å². The lowest BCUT2D eigenvalue weighted by Crippen LogP contribution is -2.27. The molecule has 0 saturated carbocycles. The molecule has 2 rings (SSSR count). The minimum absolute atomic E-state index is 0.261. The van der Waals surface area contributed by atoms with Gasteiger partial charge in [-0.05, 0) is 23.8 Å². The van der Waals surface area contributed by atoms with Gasteiger partial charge in [0.25, 0.3) is 0 Å². The first-order valence-corrected chi connectivity index (χ1v) is 5.91. The van der Waals surface area contributed by atoms with E-state index in [1.807, 2.05) is 30.3 Å². The Hall–Kier alpha value is -1.84. The molecule has 4 heteroatoms. The Balaban J connectivity index is 2.09. The van der Waals surface area contributed by atoms with E-state index >= 15 is 0 Å². The lowest BCUT2D eigenvalue weighted by atomic mass is 10.1. The van der Waals surface area contributed by atoms with Crippen LogP contribution in [0.2, 0.25) is 5.02 Å². The van der Waals surface area contributed by atoms with Crippen LogP contribution in [0.4, 0.5) is 5.69 Å². The smallest absolute Gasteiger partial charge is 0.245 e. The van der Waals surface area contributed by atoms with Crippen LogP contribution in [-0.4, -0.2) is 5.91 Å². The highest BCUT2D eigenvalue weighted by Gasteiger charge is 2.15. The molecular weight excluding hydrogens is 248 g/mol. The Labute approximate surface area is 111 Å². The van der Waals surface area contributed by atoms with Gasteiger partial charge in [-0.2, -0.15) is 0 Å². The second-order valence-corrected chi connectivity index (χ2v) is 4.32. The van der Waals surface area contributed by atoms with E-state index in [1.165, 1.54) is 0 Å². The van der Waals surface area contributed by atoms with Crippen LogP contribution in [0.15, 0.2) is 54.6 Å². The number of halogens is 1. The maximum absolute atomic E-state index is 11.9. The monoisotopic (exact) mass is 260 g/mol. The Morgan fingerprint density at radius 3 is 2.50 bits per heavy atom. The van der Waals surface area contributed by atoms with Crippen molar-refractivity contribution in [3.63, 3.8) is 0 Å². The molecule has 0 fully saturated rings. The summed E-state index contributed by atoms with van der Waals surface area (Å²) in [6, 6.07) is 15.5. The number of amides is 1. The van der Waals surface area contributed by atoms with Crippen LogP contribution in [0.3, 0.4) is 0 Å². The highest BCUT2D eigenvalue weighted by molar-refractivity contribution is 6.30. The molecule has 0 aliphatic rings. The van der Waals surface area contributed by atoms with Crippen molar-refractivity contribution in [3.8, 4) is 0 Å². The maximum Gasteiger partial charge on any atom is 0.245 e. The fourth-order valence-corrected chi connectivity index (χ4v) is 1.79. The van der Waals surface area contributed by atoms with Gasteiger partial charge in [0, 0.05) is 10.7 Å². The van der Waals surface area contributed by atoms with E-state index in [0.29, 0.717) is 10.7 Å². The molecular formula is C14H13ClN2O. The van der Waals surface area contributed by atoms with Gasteiger partial charge in [-0.15, -0.1) is 0 Å². The van der Waals surface area contributed by atoms with Crippen molar-refractivity contribution in [2.45, 2.75) is 6.04 Å². The summed E-state index contributed by atoms with van der Waals surface area (Å²) in [6.45, 7) is 0. The van der Waals surface area contributed by atoms with Gasteiger partial charge in [-0.3, -0.25) is 4.79 Å². The van der Waals surface area contributed by atoms with Crippen molar-refractivity contribution in [1.29, 1.82) is 0 Å². The molecule has 2 aromatic carbocycles. The van der Waals surface area contributed by atoms with Gasteiger partial charge >= 0.3 is 0 Å². The van der Waals surface area contributed by atoms with Crippen molar-refractivity contribution in [2.75, 3.05) is 5.32 Å². The van der Waals surface area contributed by atoms with Crippen LogP contribution in [0.25, 0.3) is 0 Å². The molecule has 0 aliphatic heterocycles. The number of anilines is 1. The van der Waals surface area contributed by atoms with Gasteiger partial charge in [0.1, 0.15) is 6.04 Å². The quantitative estimate of drug-likeness (QED) is 0.891. The molecule has 18 heavy (non-hydrogen) atoms. The summed E-state index contributed by atoms with van der Waals surface area (Å²) in [4.78, 5) is 11.9. The molecule has 0 aromatic heterocycles. The lowest BCUT2D eigenvalue weighted by Gasteiger charge is -2.12. The number of hydrogen-bond acceptors (Lipinski definition) is 2. The summed E-state index contributed by atoms with van der Waals surface area (Å²) >= 11 is 5.84. The number of benzene rings is 2. The highest BCUT2D eigenvalue weighted by atomic mass is 35.5. The molecule has 3 nitrogen and oxygen atoms in total. The minimum atomic E-state index is -0.690. The van der Waals surface area contributed by atoms with Gasteiger partial charge < -0.3 is 11.1 Å². The summed E-state index contributed by atoms with van der Waals surface area (Å²) in [6.07, 6.45) is 0. The SMILES string of the molecule is NC(C(=O)Nc1cccc(Cl)c1)c1ccccc1. The first-order chi connectivity index (χ1) is 8.66. The Kier molecular flexibility index (Phi) is 3.97. The summed E-state index contributed by atoms with van der Waals surface area (Å²) in [7, 11) is 0. The van der Waals surface area contributed by atoms with Gasteiger partial charge in [-0.25, -0.2) is 0 Å². The third kappa shape index (κ3) is 3.09. The van der Waals surface area contributed by atoms with Crippen molar-refractivity contribution >= 4 is 23.2 Å². The fourth-order valence-electron chi connectivity index (χ4n) is 1.60. The molecule has 1 amide bonds. The van der Waals surface area contributed by atoms with Crippen LogP contribution in [0.5, 0.6) is 0 Å². The zero-order valence-corrected chi connectivity index (χ0v) is 10.4. The fraction of sp³-hybridized carbons (Fsp3) is 0.0714. The van der Waals surface area contributed by atoms with E-state index in [1.54, 1.807) is 24.3 Å². The van der Waals surface area contributed by atoms with Gasteiger partial charge in [0.15, 0.2) is 0 Å². The normalized spacial score (nSPS) is 11.9. The van der Waals surface area contributed by atoms with Crippen molar-refractivity contribution in [1.82, 2.24) is 0 Å². The molecule has 2 aromatic rings. The van der Waals surface area contributed by atoms with E-state index < -0.39 is 6.04 Å². The average Bonchev–Trinajstić information content (AvgIpc) is 2.39. The standard InChI is InChI=1S/C14H13ClN2O/c15-11-7-4-8-12(9-11)17-14(18)13(16)10-5-2-1-3-6-10/h1-9,13H,16H2,(H,17,18). The third-order valence-electron chi connectivity index (χ3n) is 2.53. The molecule has 0 radical (unpaired) electrons. The molecule has 0 bridgehead atoms. The molecule has 3 N–H and O–H groups in total. The third-order valence-corrected chi connectivity index (χ3v) is 2.77. The lowest BCUT2D eigenvalue weighted by molar-refractivity contribution is -0.117. The molecule has 0 heterocycles. The van der Waals surface area contributed by atoms with Crippen LogP contribution >= 0.6 is 11.6 Å². The Morgan fingerprint density at radius 1 is 1.11 bits per heavy atom. The maximum atomic E-state index is 11.9. The van der Waals surface area contributed by atoms with E-state index in [-0.39, 0.29) is 5.91 Å². The zero-order valence-electron chi connectivity index (χ0n) is 9.64. The van der Waals surface area contributed by atoms with Crippen molar-refractivity contribution < 1.29 is 4.79 Å². The first kappa shape index (κ1) is 12.6. The number of carbonyl (C=O) groups is 1. The van der Waals surface area contributed by atoms with Crippen molar-refractivity contribution in [2.24, 2.45) is 5.73 Å². The number of nitrogens with one attached hydrogen (secondary N) is 1. The van der Waals surface area contributed by atoms with E-state index in [4.69, 9.17) is 17.3 Å². The largest absolute Gasteiger partial charge is 0.324 e. The summed E-state index contributed by atoms with van der Waals surface area (Å²) in [5.74, 6) is -0.261. The number of nitrogens with two attached hydrogens (primary N) is 1. The average molecular weight is 261 g/mol. The topological polar surface area (TPSA) is 55.1 Å². The van der Waals surface area contributed by atoms with Crippen LogP contribution in [0, 0.1) is 0 Å². The highest BCUT2D eigenvalue weighted by Crippen LogP contribution is 2.17. The molecule has 0 spiro atoms. The van der Waals surface area contributed by atoms with E-state index in [9.17, 15) is 4.79 Å². The minimum Gasteiger partial charge on any atom is -0.324 e. The molecule has 1 atom stereocenters. The molecule has 0 saturated heterocycles. The van der Waals surface area contributed by atoms with E-state index in [2.05, 4.69) is 5.32 Å². The first-order valence-electron chi connectivity index (χ1n) is 5.54. The van der Waals surface area contributed by atoms with Gasteiger partial charge in [-0.1, -0.05) is 48.0 Å². The molecule has 1 unspecified atom stereocenters. The van der Waals surface area contributed by atoms with E-state index in [0.717, 1.165) is 5.56 Å². The number of carbonyl (C=O) groups excluding carboxylic acids is 1. The Bertz CT molecular complexity index is 543. The van der Waals surface area contributed by atoms with Crippen LogP contribution in [-0.2, 0) is 4.79 Å². The molecule has 0 aliphatic carbocycles. The summed E-state index contributed by atoms with van der Waals surface area (Å²) in [5, 5.41) is 3.30. The predicted octanol–water partition coefficient (Wildman–Crippen LogP) is 2.98.